The lowest BCUT2D eigenvalue weighted by atomic mass is 10.1. The number of halogens is 4. The molecule has 1 aliphatic rings. The SMILES string of the molecule is N#Cc1c(N)nc(C(N)CC(F)(F)F)nc1NCCc1nc2c(F)cccc2cc1C(=O)N1CCCC1. The molecule has 1 aliphatic heterocycles. The first-order chi connectivity index (χ1) is 17.6. The normalized spacial score (nSPS) is 14.5. The highest BCUT2D eigenvalue weighted by Crippen LogP contribution is 2.29. The van der Waals surface area contributed by atoms with Crippen molar-refractivity contribution >= 4 is 28.4 Å². The Morgan fingerprint density at radius 1 is 1.22 bits per heavy atom. The summed E-state index contributed by atoms with van der Waals surface area (Å²) < 4.78 is 52.8. The van der Waals surface area contributed by atoms with E-state index in [4.69, 9.17) is 11.5 Å². The molecule has 3 heterocycles. The molecule has 9 nitrogen and oxygen atoms in total. The number of alkyl halides is 3. The maximum absolute atomic E-state index is 14.4. The van der Waals surface area contributed by atoms with E-state index in [1.807, 2.05) is 6.07 Å². The van der Waals surface area contributed by atoms with Gasteiger partial charge in [0.25, 0.3) is 5.91 Å². The summed E-state index contributed by atoms with van der Waals surface area (Å²) in [6, 6.07) is 6.33. The molecule has 0 spiro atoms. The first-order valence-electron chi connectivity index (χ1n) is 11.6. The van der Waals surface area contributed by atoms with Crippen LogP contribution in [0.3, 0.4) is 0 Å². The predicted molar refractivity (Wildman–Crippen MR) is 128 cm³/mol. The Morgan fingerprint density at radius 3 is 2.62 bits per heavy atom. The maximum Gasteiger partial charge on any atom is 0.391 e. The van der Waals surface area contributed by atoms with Gasteiger partial charge < -0.3 is 21.7 Å². The van der Waals surface area contributed by atoms with Crippen molar-refractivity contribution in [3.63, 3.8) is 0 Å². The summed E-state index contributed by atoms with van der Waals surface area (Å²) in [5, 5.41) is 12.8. The molecule has 1 saturated heterocycles. The van der Waals surface area contributed by atoms with Gasteiger partial charge in [-0.25, -0.2) is 19.3 Å². The second kappa shape index (κ2) is 10.5. The highest BCUT2D eigenvalue weighted by molar-refractivity contribution is 5.99. The topological polar surface area (TPSA) is 147 Å². The number of nitrogen functional groups attached to an aromatic ring is 1. The highest BCUT2D eigenvalue weighted by atomic mass is 19.4. The van der Waals surface area contributed by atoms with Crippen molar-refractivity contribution in [2.75, 3.05) is 30.7 Å². The van der Waals surface area contributed by atoms with E-state index in [0.29, 0.717) is 29.7 Å². The summed E-state index contributed by atoms with van der Waals surface area (Å²) in [5.41, 5.74) is 12.0. The zero-order valence-electron chi connectivity index (χ0n) is 19.6. The van der Waals surface area contributed by atoms with E-state index < -0.39 is 24.5 Å². The van der Waals surface area contributed by atoms with Gasteiger partial charge in [0.15, 0.2) is 0 Å². The number of likely N-dealkylation sites (tertiary alicyclic amines) is 1. The lowest BCUT2D eigenvalue weighted by molar-refractivity contribution is -0.138. The third-order valence-electron chi connectivity index (χ3n) is 6.00. The fourth-order valence-electron chi connectivity index (χ4n) is 4.21. The van der Waals surface area contributed by atoms with E-state index in [1.165, 1.54) is 12.1 Å². The Bertz CT molecular complexity index is 1370. The summed E-state index contributed by atoms with van der Waals surface area (Å²) in [6.45, 7) is 1.29. The number of nitrogens with two attached hydrogens (primary N) is 2. The Balaban J connectivity index is 1.61. The molecule has 0 radical (unpaired) electrons. The quantitative estimate of drug-likeness (QED) is 0.405. The smallest absolute Gasteiger partial charge is 0.382 e. The van der Waals surface area contributed by atoms with Crippen molar-refractivity contribution < 1.29 is 22.4 Å². The van der Waals surface area contributed by atoms with Gasteiger partial charge in [-0.15, -0.1) is 0 Å². The van der Waals surface area contributed by atoms with Crippen LogP contribution in [0.5, 0.6) is 0 Å². The minimum atomic E-state index is -4.55. The standard InChI is InChI=1S/C24H24F4N8O/c25-16-5-3-4-13-10-14(23(37)36-8-1-2-9-36)18(33-19(13)16)6-7-32-21-15(12-29)20(31)34-22(35-21)17(30)11-24(26,27)28/h3-5,10,17H,1-2,6-9,11,30H2,(H3,31,32,34,35). The third kappa shape index (κ3) is 5.86. The lowest BCUT2D eigenvalue weighted by Crippen LogP contribution is -2.29. The van der Waals surface area contributed by atoms with Crippen LogP contribution in [0.15, 0.2) is 24.3 Å². The van der Waals surface area contributed by atoms with E-state index in [2.05, 4.69) is 20.3 Å². The molecule has 1 unspecified atom stereocenters. The monoisotopic (exact) mass is 516 g/mol. The number of para-hydroxylation sites is 1. The van der Waals surface area contributed by atoms with Crippen LogP contribution in [0.1, 0.15) is 52.7 Å². The van der Waals surface area contributed by atoms with Crippen LogP contribution in [-0.2, 0) is 6.42 Å². The van der Waals surface area contributed by atoms with Gasteiger partial charge in [-0.05, 0) is 25.0 Å². The number of carbonyl (C=O) groups is 1. The van der Waals surface area contributed by atoms with E-state index in [0.717, 1.165) is 12.8 Å². The van der Waals surface area contributed by atoms with Crippen LogP contribution in [0.4, 0.5) is 29.2 Å². The molecular formula is C24H24F4N8O. The molecule has 3 aromatic rings. The molecule has 4 rings (SSSR count). The molecule has 0 bridgehead atoms. The van der Waals surface area contributed by atoms with Crippen LogP contribution in [0.2, 0.25) is 0 Å². The van der Waals surface area contributed by atoms with Gasteiger partial charge in [-0.3, -0.25) is 4.79 Å². The molecule has 0 aliphatic carbocycles. The number of carbonyl (C=O) groups excluding carboxylic acids is 1. The molecule has 1 amide bonds. The number of hydrogen-bond donors (Lipinski definition) is 3. The van der Waals surface area contributed by atoms with Crippen LogP contribution in [0.25, 0.3) is 10.9 Å². The minimum Gasteiger partial charge on any atom is -0.382 e. The molecule has 13 heteroatoms. The summed E-state index contributed by atoms with van der Waals surface area (Å²) in [6.07, 6.45) is -4.01. The van der Waals surface area contributed by atoms with Gasteiger partial charge in [0.2, 0.25) is 0 Å². The average Bonchev–Trinajstić information content (AvgIpc) is 3.37. The zero-order chi connectivity index (χ0) is 26.7. The molecular weight excluding hydrogens is 492 g/mol. The molecule has 1 atom stereocenters. The maximum atomic E-state index is 14.4. The molecule has 1 aromatic carbocycles. The first-order valence-corrected chi connectivity index (χ1v) is 11.6. The highest BCUT2D eigenvalue weighted by Gasteiger charge is 2.33. The Kier molecular flexibility index (Phi) is 7.40. The fourth-order valence-corrected chi connectivity index (χ4v) is 4.21. The number of aromatic nitrogens is 3. The molecule has 5 N–H and O–H groups in total. The molecule has 2 aromatic heterocycles. The number of nitrogens with one attached hydrogen (secondary N) is 1. The van der Waals surface area contributed by atoms with Crippen molar-refractivity contribution in [1.82, 2.24) is 19.9 Å². The number of rotatable bonds is 7. The van der Waals surface area contributed by atoms with Crippen LogP contribution < -0.4 is 16.8 Å². The van der Waals surface area contributed by atoms with Gasteiger partial charge in [0.05, 0.1) is 23.7 Å². The second-order valence-electron chi connectivity index (χ2n) is 8.70. The van der Waals surface area contributed by atoms with Crippen LogP contribution >= 0.6 is 0 Å². The summed E-state index contributed by atoms with van der Waals surface area (Å²) in [7, 11) is 0. The molecule has 37 heavy (non-hydrogen) atoms. The summed E-state index contributed by atoms with van der Waals surface area (Å²) in [5.74, 6) is -1.53. The number of nitriles is 1. The van der Waals surface area contributed by atoms with E-state index in [9.17, 15) is 27.6 Å². The van der Waals surface area contributed by atoms with E-state index in [-0.39, 0.29) is 47.4 Å². The van der Waals surface area contributed by atoms with Gasteiger partial charge in [-0.2, -0.15) is 18.4 Å². The number of hydrogen-bond acceptors (Lipinski definition) is 8. The number of nitrogens with zero attached hydrogens (tertiary/aromatic N) is 5. The van der Waals surface area contributed by atoms with Gasteiger partial charge in [0.1, 0.15) is 40.4 Å². The summed E-state index contributed by atoms with van der Waals surface area (Å²) in [4.78, 5) is 27.1. The van der Waals surface area contributed by atoms with Crippen molar-refractivity contribution in [3.8, 4) is 6.07 Å². The van der Waals surface area contributed by atoms with Gasteiger partial charge in [-0.1, -0.05) is 12.1 Å². The fraction of sp³-hybridized carbons (Fsp3) is 0.375. The van der Waals surface area contributed by atoms with Crippen molar-refractivity contribution in [2.24, 2.45) is 5.73 Å². The first kappa shape index (κ1) is 26.0. The van der Waals surface area contributed by atoms with Gasteiger partial charge in [0, 0.05) is 31.4 Å². The lowest BCUT2D eigenvalue weighted by Gasteiger charge is -2.19. The Hall–Kier alpha value is -4.05. The molecule has 1 fully saturated rings. The molecule has 194 valence electrons. The zero-order valence-corrected chi connectivity index (χ0v) is 19.6. The van der Waals surface area contributed by atoms with Crippen molar-refractivity contribution in [2.45, 2.75) is 37.9 Å². The number of anilines is 2. The number of fused-ring (bicyclic) bond motifs is 1. The third-order valence-corrected chi connectivity index (χ3v) is 6.00. The van der Waals surface area contributed by atoms with Crippen molar-refractivity contribution in [1.29, 1.82) is 5.26 Å². The van der Waals surface area contributed by atoms with Crippen LogP contribution in [-0.4, -0.2) is 51.6 Å². The average molecular weight is 517 g/mol. The minimum absolute atomic E-state index is 0.0618. The Labute approximate surface area is 209 Å². The number of benzene rings is 1. The van der Waals surface area contributed by atoms with E-state index in [1.54, 1.807) is 17.0 Å². The number of pyridine rings is 1. The summed E-state index contributed by atoms with van der Waals surface area (Å²) >= 11 is 0. The Morgan fingerprint density at radius 2 is 1.95 bits per heavy atom. The van der Waals surface area contributed by atoms with E-state index >= 15 is 0 Å². The number of amides is 1. The second-order valence-corrected chi connectivity index (χ2v) is 8.70. The molecule has 0 saturated carbocycles. The van der Waals surface area contributed by atoms with Crippen molar-refractivity contribution in [3.05, 3.63) is 52.7 Å². The predicted octanol–water partition coefficient (Wildman–Crippen LogP) is 3.46. The van der Waals surface area contributed by atoms with Gasteiger partial charge >= 0.3 is 6.18 Å². The largest absolute Gasteiger partial charge is 0.391 e. The van der Waals surface area contributed by atoms with Crippen LogP contribution in [0, 0.1) is 17.1 Å².